The summed E-state index contributed by atoms with van der Waals surface area (Å²) in [6.07, 6.45) is -5.12. The molecule has 38 heavy (non-hydrogen) atoms. The summed E-state index contributed by atoms with van der Waals surface area (Å²) in [5, 5.41) is 9.29. The lowest BCUT2D eigenvalue weighted by atomic mass is 10.1. The van der Waals surface area contributed by atoms with Crippen LogP contribution in [0, 0.1) is 0 Å². The van der Waals surface area contributed by atoms with E-state index in [-0.39, 0.29) is 29.3 Å². The molecule has 3 aromatic carbocycles. The monoisotopic (exact) mass is 546 g/mol. The van der Waals surface area contributed by atoms with E-state index in [0.29, 0.717) is 5.75 Å². The SMILES string of the molecule is COc1cc(C(=S)N2CC(Oc3ccc(-c4ccccc4)cc3)CC2C(=O)NO)cc(C(F)(F)F)c1OC. The highest BCUT2D eigenvalue weighted by atomic mass is 32.1. The number of thiocarbonyl (C=S) groups is 1. The Labute approximate surface area is 222 Å². The van der Waals surface area contributed by atoms with Gasteiger partial charge in [0.05, 0.1) is 20.8 Å². The molecule has 0 aromatic heterocycles. The number of carbonyl (C=O) groups is 1. The molecular formula is C27H25F3N2O5S. The Morgan fingerprint density at radius 1 is 1.03 bits per heavy atom. The summed E-state index contributed by atoms with van der Waals surface area (Å²) in [5.74, 6) is -0.836. The van der Waals surface area contributed by atoms with Crippen molar-refractivity contribution in [3.8, 4) is 28.4 Å². The third-order valence-electron chi connectivity index (χ3n) is 6.23. The molecule has 200 valence electrons. The zero-order valence-corrected chi connectivity index (χ0v) is 21.3. The maximum absolute atomic E-state index is 13.8. The largest absolute Gasteiger partial charge is 0.493 e. The van der Waals surface area contributed by atoms with Gasteiger partial charge in [-0.25, -0.2) is 5.48 Å². The van der Waals surface area contributed by atoms with Crippen LogP contribution in [0.15, 0.2) is 66.7 Å². The fourth-order valence-corrected chi connectivity index (χ4v) is 4.76. The van der Waals surface area contributed by atoms with Gasteiger partial charge in [-0.05, 0) is 35.4 Å². The normalized spacial score (nSPS) is 17.2. The van der Waals surface area contributed by atoms with Crippen molar-refractivity contribution in [3.05, 3.63) is 77.9 Å². The van der Waals surface area contributed by atoms with Crippen LogP contribution in [0.4, 0.5) is 13.2 Å². The van der Waals surface area contributed by atoms with E-state index in [1.807, 2.05) is 42.5 Å². The summed E-state index contributed by atoms with van der Waals surface area (Å²) in [6, 6.07) is 18.4. The standard InChI is InChI=1S/C27H25F3N2O5S/c1-35-23-13-18(12-21(24(23)36-2)27(28,29)30)26(38)32-15-20(14-22(32)25(33)31-34)37-19-10-8-17(9-11-19)16-6-4-3-5-7-16/h3-13,20,22,34H,14-15H2,1-2H3,(H,31,33). The Hall–Kier alpha value is -3.83. The van der Waals surface area contributed by atoms with Gasteiger partial charge in [-0.3, -0.25) is 10.0 Å². The lowest BCUT2D eigenvalue weighted by Gasteiger charge is -2.26. The van der Waals surface area contributed by atoms with Crippen LogP contribution >= 0.6 is 12.2 Å². The van der Waals surface area contributed by atoms with Gasteiger partial charge in [0, 0.05) is 12.0 Å². The smallest absolute Gasteiger partial charge is 0.420 e. The second-order valence-corrected chi connectivity index (χ2v) is 8.96. The van der Waals surface area contributed by atoms with Gasteiger partial charge in [0.2, 0.25) is 0 Å². The molecule has 2 N–H and O–H groups in total. The van der Waals surface area contributed by atoms with Gasteiger partial charge in [-0.1, -0.05) is 54.7 Å². The van der Waals surface area contributed by atoms with Crippen molar-refractivity contribution in [3.63, 3.8) is 0 Å². The number of hydrogen-bond acceptors (Lipinski definition) is 6. The summed E-state index contributed by atoms with van der Waals surface area (Å²) < 4.78 is 57.4. The predicted molar refractivity (Wildman–Crippen MR) is 138 cm³/mol. The first-order chi connectivity index (χ1) is 18.2. The Kier molecular flexibility index (Phi) is 8.08. The molecule has 7 nitrogen and oxygen atoms in total. The Morgan fingerprint density at radius 3 is 2.26 bits per heavy atom. The average molecular weight is 547 g/mol. The number of carbonyl (C=O) groups excluding carboxylic acids is 1. The minimum absolute atomic E-state index is 0.00794. The number of amides is 1. The van der Waals surface area contributed by atoms with E-state index in [0.717, 1.165) is 24.3 Å². The molecule has 1 aliphatic heterocycles. The number of hydroxylamine groups is 1. The van der Waals surface area contributed by atoms with Crippen LogP contribution in [0.2, 0.25) is 0 Å². The van der Waals surface area contributed by atoms with Crippen molar-refractivity contribution in [2.75, 3.05) is 20.8 Å². The highest BCUT2D eigenvalue weighted by Crippen LogP contribution is 2.43. The number of nitrogens with one attached hydrogen (secondary N) is 1. The number of nitrogens with zero attached hydrogens (tertiary/aromatic N) is 1. The number of methoxy groups -OCH3 is 2. The van der Waals surface area contributed by atoms with E-state index < -0.39 is 35.5 Å². The van der Waals surface area contributed by atoms with Crippen LogP contribution in [0.5, 0.6) is 17.2 Å². The highest BCUT2D eigenvalue weighted by molar-refractivity contribution is 7.80. The van der Waals surface area contributed by atoms with E-state index in [1.54, 1.807) is 17.6 Å². The maximum atomic E-state index is 13.8. The summed E-state index contributed by atoms with van der Waals surface area (Å²) in [7, 11) is 2.33. The third-order valence-corrected chi connectivity index (χ3v) is 6.70. The first kappa shape index (κ1) is 27.2. The van der Waals surface area contributed by atoms with Crippen molar-refractivity contribution >= 4 is 23.1 Å². The fourth-order valence-electron chi connectivity index (χ4n) is 4.44. The van der Waals surface area contributed by atoms with Crippen LogP contribution in [-0.4, -0.2) is 53.9 Å². The van der Waals surface area contributed by atoms with Crippen LogP contribution in [0.1, 0.15) is 17.5 Å². The van der Waals surface area contributed by atoms with Crippen molar-refractivity contribution in [2.24, 2.45) is 0 Å². The molecule has 1 amide bonds. The number of halogens is 3. The first-order valence-electron chi connectivity index (χ1n) is 11.6. The highest BCUT2D eigenvalue weighted by Gasteiger charge is 2.41. The first-order valence-corrected chi connectivity index (χ1v) is 12.0. The molecule has 0 spiro atoms. The van der Waals surface area contributed by atoms with Gasteiger partial charge in [0.1, 0.15) is 28.4 Å². The molecular weight excluding hydrogens is 521 g/mol. The topological polar surface area (TPSA) is 80.3 Å². The van der Waals surface area contributed by atoms with Crippen molar-refractivity contribution in [1.82, 2.24) is 10.4 Å². The minimum Gasteiger partial charge on any atom is -0.493 e. The van der Waals surface area contributed by atoms with Crippen molar-refractivity contribution in [2.45, 2.75) is 24.7 Å². The fraction of sp³-hybridized carbons (Fsp3) is 0.259. The summed E-state index contributed by atoms with van der Waals surface area (Å²) in [4.78, 5) is 13.9. The minimum atomic E-state index is -4.74. The molecule has 1 fully saturated rings. The molecule has 0 saturated carbocycles. The number of hydrogen-bond donors (Lipinski definition) is 2. The molecule has 2 unspecified atom stereocenters. The number of rotatable bonds is 7. The molecule has 0 radical (unpaired) electrons. The van der Waals surface area contributed by atoms with Gasteiger partial charge in [0.25, 0.3) is 5.91 Å². The molecule has 0 aliphatic carbocycles. The van der Waals surface area contributed by atoms with Crippen molar-refractivity contribution < 1.29 is 37.4 Å². The molecule has 1 saturated heterocycles. The predicted octanol–water partition coefficient (Wildman–Crippen LogP) is 5.09. The number of benzene rings is 3. The van der Waals surface area contributed by atoms with E-state index >= 15 is 0 Å². The zero-order valence-electron chi connectivity index (χ0n) is 20.5. The van der Waals surface area contributed by atoms with Crippen LogP contribution in [0.3, 0.4) is 0 Å². The average Bonchev–Trinajstić information content (AvgIpc) is 3.35. The Balaban J connectivity index is 1.58. The second-order valence-electron chi connectivity index (χ2n) is 8.57. The van der Waals surface area contributed by atoms with E-state index in [2.05, 4.69) is 0 Å². The van der Waals surface area contributed by atoms with Gasteiger partial charge >= 0.3 is 6.18 Å². The third kappa shape index (κ3) is 5.68. The molecule has 1 heterocycles. The Bertz CT molecular complexity index is 1300. The van der Waals surface area contributed by atoms with E-state index in [1.165, 1.54) is 18.1 Å². The summed E-state index contributed by atoms with van der Waals surface area (Å²) in [6.45, 7) is 0.104. The zero-order chi connectivity index (χ0) is 27.4. The van der Waals surface area contributed by atoms with E-state index in [4.69, 9.17) is 26.4 Å². The number of ether oxygens (including phenoxy) is 3. The Morgan fingerprint density at radius 2 is 1.68 bits per heavy atom. The van der Waals surface area contributed by atoms with Gasteiger partial charge in [-0.15, -0.1) is 0 Å². The van der Waals surface area contributed by atoms with Gasteiger partial charge < -0.3 is 19.1 Å². The lowest BCUT2D eigenvalue weighted by molar-refractivity contribution is -0.139. The molecule has 11 heteroatoms. The molecule has 4 rings (SSSR count). The second kappa shape index (κ2) is 11.3. The van der Waals surface area contributed by atoms with Gasteiger partial charge in [0.15, 0.2) is 11.5 Å². The van der Waals surface area contributed by atoms with Gasteiger partial charge in [-0.2, -0.15) is 13.2 Å². The molecule has 0 bridgehead atoms. The quantitative estimate of drug-likeness (QED) is 0.243. The van der Waals surface area contributed by atoms with Crippen LogP contribution in [-0.2, 0) is 11.0 Å². The molecule has 3 aromatic rings. The molecule has 2 atom stereocenters. The van der Waals surface area contributed by atoms with Crippen LogP contribution < -0.4 is 19.7 Å². The van der Waals surface area contributed by atoms with Crippen LogP contribution in [0.25, 0.3) is 11.1 Å². The molecule has 1 aliphatic rings. The maximum Gasteiger partial charge on any atom is 0.420 e. The lowest BCUT2D eigenvalue weighted by Crippen LogP contribution is -2.44. The summed E-state index contributed by atoms with van der Waals surface area (Å²) >= 11 is 5.53. The number of alkyl halides is 3. The van der Waals surface area contributed by atoms with Crippen molar-refractivity contribution in [1.29, 1.82) is 0 Å². The number of likely N-dealkylation sites (tertiary alicyclic amines) is 1. The summed E-state index contributed by atoms with van der Waals surface area (Å²) in [5.41, 5.74) is 2.60. The van der Waals surface area contributed by atoms with E-state index in [9.17, 15) is 23.2 Å².